The van der Waals surface area contributed by atoms with Gasteiger partial charge in [0.05, 0.1) is 5.52 Å². The van der Waals surface area contributed by atoms with Gasteiger partial charge in [0.1, 0.15) is 0 Å². The SMILES string of the molecule is NC(=O)NC[C@@H]1CCCCN1C(=O)CCCn1c(=O)oc2ccccc21. The lowest BCUT2D eigenvalue weighted by Crippen LogP contribution is -2.50. The normalized spacial score (nSPS) is 17.4. The number of oxazole rings is 1. The Morgan fingerprint density at radius 1 is 1.27 bits per heavy atom. The van der Waals surface area contributed by atoms with Crippen LogP contribution in [-0.2, 0) is 11.3 Å². The molecule has 0 unspecified atom stereocenters. The van der Waals surface area contributed by atoms with E-state index < -0.39 is 11.8 Å². The van der Waals surface area contributed by atoms with Crippen LogP contribution in [-0.4, -0.2) is 40.5 Å². The highest BCUT2D eigenvalue weighted by Crippen LogP contribution is 2.18. The molecule has 1 aliphatic rings. The maximum Gasteiger partial charge on any atom is 0.419 e. The highest BCUT2D eigenvalue weighted by molar-refractivity contribution is 5.77. The molecule has 1 atom stereocenters. The van der Waals surface area contributed by atoms with Gasteiger partial charge in [0.15, 0.2) is 5.58 Å². The van der Waals surface area contributed by atoms with E-state index in [0.29, 0.717) is 38.1 Å². The fourth-order valence-electron chi connectivity index (χ4n) is 3.52. The van der Waals surface area contributed by atoms with Crippen LogP contribution in [0.2, 0.25) is 0 Å². The maximum atomic E-state index is 12.6. The van der Waals surface area contributed by atoms with E-state index >= 15 is 0 Å². The molecule has 2 heterocycles. The van der Waals surface area contributed by atoms with E-state index in [4.69, 9.17) is 10.2 Å². The lowest BCUT2D eigenvalue weighted by atomic mass is 10.0. The van der Waals surface area contributed by atoms with Crippen LogP contribution in [0.4, 0.5) is 4.79 Å². The number of urea groups is 1. The Morgan fingerprint density at radius 2 is 2.08 bits per heavy atom. The third kappa shape index (κ3) is 4.07. The van der Waals surface area contributed by atoms with Gasteiger partial charge < -0.3 is 20.4 Å². The number of piperidine rings is 1. The van der Waals surface area contributed by atoms with Gasteiger partial charge in [-0.25, -0.2) is 9.59 Å². The Morgan fingerprint density at radius 3 is 2.88 bits per heavy atom. The number of likely N-dealkylation sites (tertiary alicyclic amines) is 1. The molecule has 26 heavy (non-hydrogen) atoms. The number of benzene rings is 1. The first kappa shape index (κ1) is 18.0. The molecule has 1 fully saturated rings. The number of nitrogens with two attached hydrogens (primary N) is 1. The van der Waals surface area contributed by atoms with Crippen LogP contribution in [0.1, 0.15) is 32.1 Å². The van der Waals surface area contributed by atoms with Crippen molar-refractivity contribution in [3.63, 3.8) is 0 Å². The average Bonchev–Trinajstić information content (AvgIpc) is 2.95. The van der Waals surface area contributed by atoms with E-state index in [-0.39, 0.29) is 11.9 Å². The number of hydrogen-bond donors (Lipinski definition) is 2. The zero-order chi connectivity index (χ0) is 18.5. The molecule has 0 saturated carbocycles. The third-order valence-electron chi connectivity index (χ3n) is 4.81. The van der Waals surface area contributed by atoms with Crippen LogP contribution >= 0.6 is 0 Å². The summed E-state index contributed by atoms with van der Waals surface area (Å²) in [6, 6.07) is 6.66. The number of rotatable bonds is 6. The molecule has 1 aromatic carbocycles. The van der Waals surface area contributed by atoms with E-state index in [9.17, 15) is 14.4 Å². The Balaban J connectivity index is 1.58. The Bertz CT molecular complexity index is 841. The zero-order valence-corrected chi connectivity index (χ0v) is 14.6. The quantitative estimate of drug-likeness (QED) is 0.811. The summed E-state index contributed by atoms with van der Waals surface area (Å²) >= 11 is 0. The molecular weight excluding hydrogens is 336 g/mol. The minimum absolute atomic E-state index is 0.0128. The summed E-state index contributed by atoms with van der Waals surface area (Å²) in [6.45, 7) is 1.51. The van der Waals surface area contributed by atoms with Gasteiger partial charge in [-0.1, -0.05) is 12.1 Å². The topological polar surface area (TPSA) is 111 Å². The number of nitrogens with zero attached hydrogens (tertiary/aromatic N) is 2. The number of carbonyl (C=O) groups excluding carboxylic acids is 2. The second-order valence-corrected chi connectivity index (χ2v) is 6.57. The van der Waals surface area contributed by atoms with Crippen LogP contribution in [0.25, 0.3) is 11.1 Å². The summed E-state index contributed by atoms with van der Waals surface area (Å²) in [5.74, 6) is -0.359. The average molecular weight is 360 g/mol. The van der Waals surface area contributed by atoms with Crippen LogP contribution in [0.15, 0.2) is 33.5 Å². The van der Waals surface area contributed by atoms with Crippen LogP contribution < -0.4 is 16.8 Å². The Labute approximate surface area is 150 Å². The van der Waals surface area contributed by atoms with Gasteiger partial charge in [-0.05, 0) is 37.8 Å². The number of carbonyl (C=O) groups is 2. The largest absolute Gasteiger partial charge is 0.419 e. The number of hydrogen-bond acceptors (Lipinski definition) is 4. The molecule has 3 rings (SSSR count). The van der Waals surface area contributed by atoms with Crippen molar-refractivity contribution < 1.29 is 14.0 Å². The van der Waals surface area contributed by atoms with Crippen molar-refractivity contribution in [1.82, 2.24) is 14.8 Å². The summed E-state index contributed by atoms with van der Waals surface area (Å²) in [5.41, 5.74) is 6.43. The lowest BCUT2D eigenvalue weighted by molar-refractivity contribution is -0.134. The fraction of sp³-hybridized carbons (Fsp3) is 0.500. The van der Waals surface area contributed by atoms with Crippen molar-refractivity contribution in [2.75, 3.05) is 13.1 Å². The summed E-state index contributed by atoms with van der Waals surface area (Å²) in [5, 5.41) is 2.59. The smallest absolute Gasteiger partial charge is 0.408 e. The molecule has 1 saturated heterocycles. The van der Waals surface area contributed by atoms with E-state index in [1.807, 2.05) is 23.1 Å². The predicted molar refractivity (Wildman–Crippen MR) is 96.6 cm³/mol. The highest BCUT2D eigenvalue weighted by atomic mass is 16.4. The number of aryl methyl sites for hydroxylation is 1. The second-order valence-electron chi connectivity index (χ2n) is 6.57. The molecule has 3 amide bonds. The first-order chi connectivity index (χ1) is 12.6. The number of para-hydroxylation sites is 2. The van der Waals surface area contributed by atoms with Crippen molar-refractivity contribution in [2.24, 2.45) is 5.73 Å². The van der Waals surface area contributed by atoms with Crippen molar-refractivity contribution in [2.45, 2.75) is 44.7 Å². The molecule has 0 radical (unpaired) electrons. The predicted octanol–water partition coefficient (Wildman–Crippen LogP) is 1.42. The molecule has 140 valence electrons. The minimum atomic E-state index is -0.575. The molecule has 0 bridgehead atoms. The second kappa shape index (κ2) is 8.07. The molecule has 8 heteroatoms. The first-order valence-electron chi connectivity index (χ1n) is 8.97. The van der Waals surface area contributed by atoms with Crippen molar-refractivity contribution in [1.29, 1.82) is 0 Å². The number of primary amides is 1. The van der Waals surface area contributed by atoms with Gasteiger partial charge in [-0.2, -0.15) is 0 Å². The molecule has 0 spiro atoms. The van der Waals surface area contributed by atoms with Gasteiger partial charge in [-0.15, -0.1) is 0 Å². The molecule has 3 N–H and O–H groups in total. The monoisotopic (exact) mass is 360 g/mol. The number of nitrogens with one attached hydrogen (secondary N) is 1. The summed E-state index contributed by atoms with van der Waals surface area (Å²) in [7, 11) is 0. The lowest BCUT2D eigenvalue weighted by Gasteiger charge is -2.36. The van der Waals surface area contributed by atoms with Crippen molar-refractivity contribution in [3.8, 4) is 0 Å². The van der Waals surface area contributed by atoms with Gasteiger partial charge in [0, 0.05) is 32.1 Å². The van der Waals surface area contributed by atoms with Crippen LogP contribution in [0.5, 0.6) is 0 Å². The molecule has 2 aromatic rings. The number of amides is 3. The first-order valence-corrected chi connectivity index (χ1v) is 8.97. The maximum absolute atomic E-state index is 12.6. The molecule has 1 aromatic heterocycles. The zero-order valence-electron chi connectivity index (χ0n) is 14.6. The number of aromatic nitrogens is 1. The molecule has 8 nitrogen and oxygen atoms in total. The van der Waals surface area contributed by atoms with E-state index in [0.717, 1.165) is 24.8 Å². The van der Waals surface area contributed by atoms with Gasteiger partial charge in [-0.3, -0.25) is 9.36 Å². The van der Waals surface area contributed by atoms with E-state index in [2.05, 4.69) is 5.32 Å². The summed E-state index contributed by atoms with van der Waals surface area (Å²) in [4.78, 5) is 37.3. The van der Waals surface area contributed by atoms with Crippen molar-refractivity contribution >= 4 is 23.0 Å². The Kier molecular flexibility index (Phi) is 5.60. The number of fused-ring (bicyclic) bond motifs is 1. The summed E-state index contributed by atoms with van der Waals surface area (Å²) in [6.07, 6.45) is 3.75. The van der Waals surface area contributed by atoms with Gasteiger partial charge in [0.2, 0.25) is 5.91 Å². The third-order valence-corrected chi connectivity index (χ3v) is 4.81. The molecule has 0 aliphatic carbocycles. The van der Waals surface area contributed by atoms with E-state index in [1.54, 1.807) is 10.6 Å². The Hall–Kier alpha value is -2.77. The van der Waals surface area contributed by atoms with Crippen LogP contribution in [0, 0.1) is 0 Å². The van der Waals surface area contributed by atoms with Crippen molar-refractivity contribution in [3.05, 3.63) is 34.8 Å². The highest BCUT2D eigenvalue weighted by Gasteiger charge is 2.26. The molecular formula is C18H24N4O4. The van der Waals surface area contributed by atoms with E-state index in [1.165, 1.54) is 0 Å². The van der Waals surface area contributed by atoms with Gasteiger partial charge in [0.25, 0.3) is 0 Å². The molecule has 1 aliphatic heterocycles. The standard InChI is InChI=1S/C18H24N4O4/c19-17(24)20-12-13-6-3-4-10-21(13)16(23)9-5-11-22-14-7-1-2-8-15(14)26-18(22)25/h1-2,7-8,13H,3-6,9-12H2,(H3,19,20,24)/t13-/m0/s1. The summed E-state index contributed by atoms with van der Waals surface area (Å²) < 4.78 is 6.76. The van der Waals surface area contributed by atoms with Gasteiger partial charge >= 0.3 is 11.8 Å². The van der Waals surface area contributed by atoms with Crippen LogP contribution in [0.3, 0.4) is 0 Å². The fourth-order valence-corrected chi connectivity index (χ4v) is 3.52. The minimum Gasteiger partial charge on any atom is -0.408 e.